The molecule has 13 heteroatoms. The Morgan fingerprint density at radius 3 is 1.97 bits per heavy atom. The third kappa shape index (κ3) is 11.6. The monoisotopic (exact) mass is 419 g/mol. The highest BCUT2D eigenvalue weighted by molar-refractivity contribution is 5.93. The number of aliphatic carboxylic acids is 2. The van der Waals surface area contributed by atoms with E-state index in [1.165, 1.54) is 0 Å². The number of aliphatic hydroxyl groups excluding tert-OH is 1. The summed E-state index contributed by atoms with van der Waals surface area (Å²) in [6, 6.07) is -3.74. The molecule has 0 aliphatic carbocycles. The summed E-state index contributed by atoms with van der Waals surface area (Å²) < 4.78 is 0. The zero-order valence-corrected chi connectivity index (χ0v) is 15.9. The molecule has 3 atom stereocenters. The summed E-state index contributed by atoms with van der Waals surface area (Å²) in [5.41, 5.74) is 11.1. The smallest absolute Gasteiger partial charge is 0.322 e. The average Bonchev–Trinajstić information content (AvgIpc) is 2.66. The zero-order chi connectivity index (χ0) is 22.4. The van der Waals surface area contributed by atoms with Crippen molar-refractivity contribution in [2.24, 2.45) is 11.5 Å². The first-order valence-corrected chi connectivity index (χ1v) is 9.00. The summed E-state index contributed by atoms with van der Waals surface area (Å²) in [6.45, 7) is -1.12. The minimum atomic E-state index is -1.48. The van der Waals surface area contributed by atoms with Gasteiger partial charge in [0.15, 0.2) is 0 Å². The van der Waals surface area contributed by atoms with E-state index in [0.717, 1.165) is 0 Å². The number of aliphatic hydroxyl groups is 1. The second-order valence-electron chi connectivity index (χ2n) is 6.24. The molecule has 0 aromatic rings. The van der Waals surface area contributed by atoms with Crippen LogP contribution in [0.4, 0.5) is 0 Å². The number of carboxylic acids is 2. The van der Waals surface area contributed by atoms with Crippen LogP contribution in [0.5, 0.6) is 0 Å². The standard InChI is InChI=1S/C16H29N5O8/c17-6-2-1-3-9(18)14(27)20-10(4-5-12(23)24)16(29)21-11(8-22)15(28)19-7-13(25)26/h9-11,22H,1-8,17-18H2,(H,19,28)(H,20,27)(H,21,29)(H,23,24)(H,25,26). The van der Waals surface area contributed by atoms with Gasteiger partial charge in [-0.15, -0.1) is 0 Å². The van der Waals surface area contributed by atoms with E-state index >= 15 is 0 Å². The molecule has 0 aliphatic heterocycles. The summed E-state index contributed by atoms with van der Waals surface area (Å²) >= 11 is 0. The van der Waals surface area contributed by atoms with Crippen LogP contribution in [0.2, 0.25) is 0 Å². The SMILES string of the molecule is NCCCCC(N)C(=O)NC(CCC(=O)O)C(=O)NC(CO)C(=O)NCC(=O)O. The van der Waals surface area contributed by atoms with E-state index in [0.29, 0.717) is 25.8 Å². The molecular weight excluding hydrogens is 390 g/mol. The molecule has 0 bridgehead atoms. The van der Waals surface area contributed by atoms with Crippen LogP contribution >= 0.6 is 0 Å². The molecular formula is C16H29N5O8. The molecule has 0 fully saturated rings. The van der Waals surface area contributed by atoms with E-state index in [1.54, 1.807) is 0 Å². The van der Waals surface area contributed by atoms with Crippen LogP contribution in [-0.2, 0) is 24.0 Å². The van der Waals surface area contributed by atoms with Crippen molar-refractivity contribution in [3.8, 4) is 0 Å². The van der Waals surface area contributed by atoms with Gasteiger partial charge in [0.25, 0.3) is 0 Å². The zero-order valence-electron chi connectivity index (χ0n) is 15.9. The molecule has 29 heavy (non-hydrogen) atoms. The Hall–Kier alpha value is -2.77. The van der Waals surface area contributed by atoms with Gasteiger partial charge in [-0.3, -0.25) is 24.0 Å². The highest BCUT2D eigenvalue weighted by atomic mass is 16.4. The molecule has 3 amide bonds. The van der Waals surface area contributed by atoms with E-state index in [9.17, 15) is 29.1 Å². The van der Waals surface area contributed by atoms with Crippen molar-refractivity contribution < 1.29 is 39.3 Å². The average molecular weight is 419 g/mol. The Morgan fingerprint density at radius 2 is 1.45 bits per heavy atom. The summed E-state index contributed by atoms with van der Waals surface area (Å²) in [4.78, 5) is 57.7. The number of unbranched alkanes of at least 4 members (excludes halogenated alkanes) is 1. The van der Waals surface area contributed by atoms with Gasteiger partial charge in [-0.1, -0.05) is 6.42 Å². The lowest BCUT2D eigenvalue weighted by molar-refractivity contribution is -0.139. The number of carbonyl (C=O) groups excluding carboxylic acids is 3. The van der Waals surface area contributed by atoms with Crippen LogP contribution in [0.25, 0.3) is 0 Å². The first kappa shape index (κ1) is 26.2. The van der Waals surface area contributed by atoms with Crippen molar-refractivity contribution in [3.63, 3.8) is 0 Å². The highest BCUT2D eigenvalue weighted by Crippen LogP contribution is 2.03. The number of amides is 3. The first-order chi connectivity index (χ1) is 13.6. The van der Waals surface area contributed by atoms with Crippen molar-refractivity contribution in [3.05, 3.63) is 0 Å². The first-order valence-electron chi connectivity index (χ1n) is 9.00. The molecule has 0 aromatic heterocycles. The topological polar surface area (TPSA) is 234 Å². The summed E-state index contributed by atoms with van der Waals surface area (Å²) in [5.74, 6) is -5.08. The van der Waals surface area contributed by atoms with Crippen LogP contribution in [0.15, 0.2) is 0 Å². The largest absolute Gasteiger partial charge is 0.481 e. The minimum Gasteiger partial charge on any atom is -0.481 e. The Bertz CT molecular complexity index is 586. The van der Waals surface area contributed by atoms with E-state index in [2.05, 4.69) is 10.6 Å². The van der Waals surface area contributed by atoms with Gasteiger partial charge in [-0.25, -0.2) is 0 Å². The lowest BCUT2D eigenvalue weighted by Gasteiger charge is -2.23. The summed E-state index contributed by atoms with van der Waals surface area (Å²) in [7, 11) is 0. The molecule has 0 heterocycles. The molecule has 0 saturated carbocycles. The molecule has 3 unspecified atom stereocenters. The lowest BCUT2D eigenvalue weighted by atomic mass is 10.1. The van der Waals surface area contributed by atoms with E-state index < -0.39 is 67.4 Å². The molecule has 0 aromatic carbocycles. The van der Waals surface area contributed by atoms with E-state index in [1.807, 2.05) is 5.32 Å². The predicted molar refractivity (Wildman–Crippen MR) is 99.3 cm³/mol. The number of hydrogen-bond donors (Lipinski definition) is 8. The maximum atomic E-state index is 12.4. The fourth-order valence-corrected chi connectivity index (χ4v) is 2.21. The lowest BCUT2D eigenvalue weighted by Crippen LogP contribution is -2.57. The quantitative estimate of drug-likeness (QED) is 0.122. The van der Waals surface area contributed by atoms with Gasteiger partial charge in [-0.2, -0.15) is 0 Å². The third-order valence-electron chi connectivity index (χ3n) is 3.82. The number of nitrogens with one attached hydrogen (secondary N) is 3. The number of carboxylic acid groups (broad SMARTS) is 2. The van der Waals surface area contributed by atoms with Crippen molar-refractivity contribution >= 4 is 29.7 Å². The Balaban J connectivity index is 5.00. The Kier molecular flexibility index (Phi) is 12.9. The van der Waals surface area contributed by atoms with E-state index in [4.69, 9.17) is 21.7 Å². The molecule has 13 nitrogen and oxygen atoms in total. The fraction of sp³-hybridized carbons (Fsp3) is 0.688. The third-order valence-corrected chi connectivity index (χ3v) is 3.82. The number of rotatable bonds is 15. The van der Waals surface area contributed by atoms with Crippen LogP contribution in [0, 0.1) is 0 Å². The number of carbonyl (C=O) groups is 5. The molecule has 0 aliphatic rings. The van der Waals surface area contributed by atoms with Gasteiger partial charge in [-0.05, 0) is 25.8 Å². The maximum Gasteiger partial charge on any atom is 0.322 e. The second kappa shape index (κ2) is 14.3. The van der Waals surface area contributed by atoms with Gasteiger partial charge < -0.3 is 42.7 Å². The molecule has 166 valence electrons. The van der Waals surface area contributed by atoms with Crippen molar-refractivity contribution in [2.75, 3.05) is 19.7 Å². The highest BCUT2D eigenvalue weighted by Gasteiger charge is 2.28. The van der Waals surface area contributed by atoms with Crippen LogP contribution in [0.3, 0.4) is 0 Å². The molecule has 0 spiro atoms. The Labute approximate surface area is 167 Å². The maximum absolute atomic E-state index is 12.4. The van der Waals surface area contributed by atoms with Crippen molar-refractivity contribution in [1.82, 2.24) is 16.0 Å². The predicted octanol–water partition coefficient (Wildman–Crippen LogP) is -3.53. The van der Waals surface area contributed by atoms with Crippen molar-refractivity contribution in [1.29, 1.82) is 0 Å². The summed E-state index contributed by atoms with van der Waals surface area (Å²) in [5, 5.41) is 33.1. The van der Waals surface area contributed by atoms with Crippen LogP contribution in [-0.4, -0.2) is 82.8 Å². The molecule has 0 radical (unpaired) electrons. The normalized spacial score (nSPS) is 13.6. The van der Waals surface area contributed by atoms with Gasteiger partial charge >= 0.3 is 11.9 Å². The van der Waals surface area contributed by atoms with Gasteiger partial charge in [0, 0.05) is 6.42 Å². The van der Waals surface area contributed by atoms with Crippen molar-refractivity contribution in [2.45, 2.75) is 50.2 Å². The van der Waals surface area contributed by atoms with Gasteiger partial charge in [0.1, 0.15) is 18.6 Å². The van der Waals surface area contributed by atoms with Gasteiger partial charge in [0.2, 0.25) is 17.7 Å². The molecule has 0 rings (SSSR count). The Morgan fingerprint density at radius 1 is 0.828 bits per heavy atom. The van der Waals surface area contributed by atoms with Crippen LogP contribution in [0.1, 0.15) is 32.1 Å². The number of nitrogens with two attached hydrogens (primary N) is 2. The second-order valence-corrected chi connectivity index (χ2v) is 6.24. The summed E-state index contributed by atoms with van der Waals surface area (Å²) in [6.07, 6.45) is 0.835. The van der Waals surface area contributed by atoms with Crippen LogP contribution < -0.4 is 27.4 Å². The molecule has 10 N–H and O–H groups in total. The number of hydrogen-bond acceptors (Lipinski definition) is 8. The fourth-order valence-electron chi connectivity index (χ4n) is 2.21. The minimum absolute atomic E-state index is 0.280. The molecule has 0 saturated heterocycles. The van der Waals surface area contributed by atoms with Gasteiger partial charge in [0.05, 0.1) is 12.6 Å². The van der Waals surface area contributed by atoms with E-state index in [-0.39, 0.29) is 6.42 Å².